The van der Waals surface area contributed by atoms with Crippen molar-refractivity contribution >= 4 is 0 Å². The molecule has 1 heteroatoms. The minimum atomic E-state index is 0. The number of rotatable bonds is 1. The van der Waals surface area contributed by atoms with Crippen molar-refractivity contribution in [2.24, 2.45) is 0 Å². The Morgan fingerprint density at radius 3 is 1.80 bits per heavy atom. The molecule has 0 aliphatic heterocycles. The van der Waals surface area contributed by atoms with Crippen LogP contribution in [-0.2, 0) is 17.1 Å². The van der Waals surface area contributed by atoms with E-state index in [4.69, 9.17) is 0 Å². The summed E-state index contributed by atoms with van der Waals surface area (Å²) in [6.45, 7) is 4.41. The van der Waals surface area contributed by atoms with Gasteiger partial charge in [0.1, 0.15) is 0 Å². The first kappa shape index (κ1) is 9.74. The molecule has 0 bridgehead atoms. The second-order valence-corrected chi connectivity index (χ2v) is 2.57. The van der Waals surface area contributed by atoms with Gasteiger partial charge in [-0.05, 0) is 11.5 Å². The molecule has 0 spiro atoms. The van der Waals surface area contributed by atoms with E-state index in [9.17, 15) is 0 Å². The summed E-state index contributed by atoms with van der Waals surface area (Å²) < 4.78 is 0. The summed E-state index contributed by atoms with van der Waals surface area (Å²) >= 11 is 0. The third-order valence-corrected chi connectivity index (χ3v) is 1.47. The molecule has 1 aromatic rings. The first-order valence-corrected chi connectivity index (χ1v) is 3.35. The van der Waals surface area contributed by atoms with E-state index in [1.54, 1.807) is 0 Å². The maximum Gasteiger partial charge on any atom is 1.00 e. The van der Waals surface area contributed by atoms with E-state index >= 15 is 0 Å². The van der Waals surface area contributed by atoms with E-state index in [0.717, 1.165) is 0 Å². The van der Waals surface area contributed by atoms with Crippen LogP contribution in [0.4, 0.5) is 0 Å². The molecule has 0 heterocycles. The van der Waals surface area contributed by atoms with Gasteiger partial charge in [-0.3, -0.25) is 0 Å². The summed E-state index contributed by atoms with van der Waals surface area (Å²) in [5.41, 5.74) is 1.41. The van der Waals surface area contributed by atoms with Crippen LogP contribution in [0.3, 0.4) is 0 Å². The quantitative estimate of drug-likeness (QED) is 0.577. The molecular weight excluding hydrogens is 164 g/mol. The monoisotopic (exact) mass is 176 g/mol. The van der Waals surface area contributed by atoms with Crippen molar-refractivity contribution in [3.63, 3.8) is 0 Å². The smallest absolute Gasteiger partial charge is 0.0622 e. The molecule has 0 unspecified atom stereocenters. The van der Waals surface area contributed by atoms with Crippen LogP contribution >= 0.6 is 0 Å². The van der Waals surface area contributed by atoms with Crippen LogP contribution in [-0.4, -0.2) is 0 Å². The van der Waals surface area contributed by atoms with E-state index < -0.39 is 0 Å². The predicted octanol–water partition coefficient (Wildman–Crippen LogP) is 2.81. The van der Waals surface area contributed by atoms with Gasteiger partial charge in [0.05, 0.1) is 0 Å². The Kier molecular flexibility index (Phi) is 4.42. The van der Waals surface area contributed by atoms with Crippen molar-refractivity contribution < 1.29 is 17.1 Å². The molecule has 0 saturated carbocycles. The SMILES string of the molecule is CC(C)c1ccccc1.[Fe+]. The minimum absolute atomic E-state index is 0. The fourth-order valence-corrected chi connectivity index (χ4v) is 0.838. The van der Waals surface area contributed by atoms with Crippen molar-refractivity contribution in [1.29, 1.82) is 0 Å². The van der Waals surface area contributed by atoms with Crippen molar-refractivity contribution in [3.8, 4) is 0 Å². The van der Waals surface area contributed by atoms with Gasteiger partial charge in [-0.1, -0.05) is 44.2 Å². The van der Waals surface area contributed by atoms with Crippen LogP contribution in [0.25, 0.3) is 0 Å². The first-order valence-electron chi connectivity index (χ1n) is 3.35. The van der Waals surface area contributed by atoms with E-state index in [1.807, 2.05) is 6.07 Å². The summed E-state index contributed by atoms with van der Waals surface area (Å²) in [4.78, 5) is 0. The summed E-state index contributed by atoms with van der Waals surface area (Å²) in [6.07, 6.45) is 0. The van der Waals surface area contributed by atoms with Crippen molar-refractivity contribution in [2.45, 2.75) is 19.8 Å². The van der Waals surface area contributed by atoms with E-state index in [-0.39, 0.29) is 17.1 Å². The van der Waals surface area contributed by atoms with Gasteiger partial charge in [-0.15, -0.1) is 0 Å². The Morgan fingerprint density at radius 2 is 1.50 bits per heavy atom. The molecule has 0 aromatic heterocycles. The second kappa shape index (κ2) is 4.54. The number of benzene rings is 1. The number of hydrogen-bond donors (Lipinski definition) is 0. The van der Waals surface area contributed by atoms with Crippen molar-refractivity contribution in [1.82, 2.24) is 0 Å². The van der Waals surface area contributed by atoms with Crippen LogP contribution in [0.15, 0.2) is 30.3 Å². The van der Waals surface area contributed by atoms with Gasteiger partial charge in [0.25, 0.3) is 0 Å². The average Bonchev–Trinajstić information content (AvgIpc) is 1.90. The third kappa shape index (κ3) is 2.55. The van der Waals surface area contributed by atoms with Crippen molar-refractivity contribution in [3.05, 3.63) is 35.9 Å². The Hall–Kier alpha value is -0.261. The minimum Gasteiger partial charge on any atom is -0.0622 e. The summed E-state index contributed by atoms with van der Waals surface area (Å²) in [5, 5.41) is 0. The van der Waals surface area contributed by atoms with E-state index in [0.29, 0.717) is 5.92 Å². The zero-order valence-electron chi connectivity index (χ0n) is 6.32. The normalized spacial score (nSPS) is 9.10. The Balaban J connectivity index is 0.000000810. The van der Waals surface area contributed by atoms with Crippen molar-refractivity contribution in [2.75, 3.05) is 0 Å². The summed E-state index contributed by atoms with van der Waals surface area (Å²) in [6, 6.07) is 10.5. The standard InChI is InChI=1S/C9H12.Fe/c1-8(2)9-6-4-3-5-7-9;/h3-8H,1-2H3;/q;+1. The number of hydrogen-bond acceptors (Lipinski definition) is 0. The molecule has 1 radical (unpaired) electrons. The fraction of sp³-hybridized carbons (Fsp3) is 0.333. The average molecular weight is 176 g/mol. The van der Waals surface area contributed by atoms with Gasteiger partial charge in [0.2, 0.25) is 0 Å². The molecule has 0 aliphatic carbocycles. The van der Waals surface area contributed by atoms with Crippen LogP contribution in [0.5, 0.6) is 0 Å². The third-order valence-electron chi connectivity index (χ3n) is 1.47. The second-order valence-electron chi connectivity index (χ2n) is 2.57. The Morgan fingerprint density at radius 1 is 1.00 bits per heavy atom. The molecule has 0 amide bonds. The molecule has 55 valence electrons. The molecule has 1 aromatic carbocycles. The summed E-state index contributed by atoms with van der Waals surface area (Å²) in [5.74, 6) is 0.659. The molecule has 0 fully saturated rings. The van der Waals surface area contributed by atoms with E-state index in [2.05, 4.69) is 38.1 Å². The van der Waals surface area contributed by atoms with Gasteiger partial charge >= 0.3 is 17.1 Å². The zero-order chi connectivity index (χ0) is 6.69. The Bertz CT molecular complexity index is 167. The molecule has 0 atom stereocenters. The maximum atomic E-state index is 2.20. The zero-order valence-corrected chi connectivity index (χ0v) is 7.42. The molecule has 0 N–H and O–H groups in total. The van der Waals surface area contributed by atoms with Gasteiger partial charge in [-0.2, -0.15) is 0 Å². The molecule has 0 nitrogen and oxygen atoms in total. The maximum absolute atomic E-state index is 2.20. The van der Waals surface area contributed by atoms with Gasteiger partial charge in [0.15, 0.2) is 0 Å². The van der Waals surface area contributed by atoms with Crippen LogP contribution in [0, 0.1) is 0 Å². The van der Waals surface area contributed by atoms with Gasteiger partial charge < -0.3 is 0 Å². The van der Waals surface area contributed by atoms with Crippen LogP contribution in [0.2, 0.25) is 0 Å². The molecular formula is C9H12Fe+. The van der Waals surface area contributed by atoms with Gasteiger partial charge in [0, 0.05) is 0 Å². The topological polar surface area (TPSA) is 0 Å². The van der Waals surface area contributed by atoms with Gasteiger partial charge in [-0.25, -0.2) is 0 Å². The van der Waals surface area contributed by atoms with E-state index in [1.165, 1.54) is 5.56 Å². The fourth-order valence-electron chi connectivity index (χ4n) is 0.838. The largest absolute Gasteiger partial charge is 1.00 e. The van der Waals surface area contributed by atoms with Crippen LogP contribution in [0.1, 0.15) is 25.3 Å². The Labute approximate surface area is 73.1 Å². The predicted molar refractivity (Wildman–Crippen MR) is 40.5 cm³/mol. The molecule has 1 rings (SSSR count). The van der Waals surface area contributed by atoms with Crippen LogP contribution < -0.4 is 0 Å². The molecule has 0 aliphatic rings. The summed E-state index contributed by atoms with van der Waals surface area (Å²) in [7, 11) is 0. The molecule has 0 saturated heterocycles. The molecule has 10 heavy (non-hydrogen) atoms. The first-order chi connectivity index (χ1) is 4.30.